The van der Waals surface area contributed by atoms with Crippen LogP contribution in [0.4, 0.5) is 0 Å². The quantitative estimate of drug-likeness (QED) is 0.681. The lowest BCUT2D eigenvalue weighted by Gasteiger charge is -2.22. The Bertz CT molecular complexity index is 945. The van der Waals surface area contributed by atoms with Gasteiger partial charge in [-0.1, -0.05) is 6.07 Å². The number of benzene rings is 1. The molecule has 1 saturated heterocycles. The molecule has 3 heterocycles. The number of ether oxygens (including phenoxy) is 2. The van der Waals surface area contributed by atoms with Crippen LogP contribution in [0.5, 0.6) is 11.5 Å². The summed E-state index contributed by atoms with van der Waals surface area (Å²) in [6.07, 6.45) is 2.19. The van der Waals surface area contributed by atoms with Crippen LogP contribution in [0.25, 0.3) is 16.9 Å². The van der Waals surface area contributed by atoms with Gasteiger partial charge in [-0.3, -0.25) is 4.40 Å². The van der Waals surface area contributed by atoms with E-state index in [0.717, 1.165) is 34.9 Å². The Hall–Kier alpha value is -2.57. The maximum atomic E-state index is 5.51. The molecule has 0 bridgehead atoms. The van der Waals surface area contributed by atoms with Crippen molar-refractivity contribution >= 4 is 5.65 Å². The van der Waals surface area contributed by atoms with Crippen LogP contribution < -0.4 is 19.7 Å². The van der Waals surface area contributed by atoms with Crippen molar-refractivity contribution in [1.82, 2.24) is 9.38 Å². The lowest BCUT2D eigenvalue weighted by molar-refractivity contribution is -0.958. The third-order valence-corrected chi connectivity index (χ3v) is 5.34. The molecule has 0 aliphatic carbocycles. The number of pyridine rings is 1. The maximum Gasteiger partial charge on any atom is 0.161 e. The van der Waals surface area contributed by atoms with Gasteiger partial charge in [0.2, 0.25) is 0 Å². The van der Waals surface area contributed by atoms with Gasteiger partial charge in [-0.05, 0) is 36.8 Å². The molecule has 0 saturated carbocycles. The normalized spacial score (nSPS) is 15.2. The van der Waals surface area contributed by atoms with Crippen molar-refractivity contribution in [2.75, 3.05) is 40.4 Å². The average Bonchev–Trinajstić information content (AvgIpc) is 3.06. The van der Waals surface area contributed by atoms with Crippen LogP contribution in [0, 0.1) is 6.92 Å². The molecule has 1 aromatic carbocycles. The zero-order valence-corrected chi connectivity index (χ0v) is 16.3. The zero-order valence-electron chi connectivity index (χ0n) is 16.3. The number of aryl methyl sites for hydroxylation is 1. The molecule has 0 spiro atoms. The second-order valence-corrected chi connectivity index (χ2v) is 7.20. The summed E-state index contributed by atoms with van der Waals surface area (Å²) in [5.74, 6) is 1.47. The highest BCUT2D eigenvalue weighted by atomic mass is 16.5. The first kappa shape index (κ1) is 17.8. The molecular formula is C21H28N4O2+2. The minimum absolute atomic E-state index is 0.731. The molecule has 2 aromatic heterocycles. The molecule has 27 heavy (non-hydrogen) atoms. The Balaban J connectivity index is 1.82. The molecule has 6 nitrogen and oxygen atoms in total. The molecule has 1 aliphatic rings. The van der Waals surface area contributed by atoms with E-state index < -0.39 is 0 Å². The first-order chi connectivity index (χ1) is 13.2. The maximum absolute atomic E-state index is 5.51. The van der Waals surface area contributed by atoms with Crippen LogP contribution in [-0.2, 0) is 6.54 Å². The van der Waals surface area contributed by atoms with Gasteiger partial charge in [0.1, 0.15) is 44.1 Å². The summed E-state index contributed by atoms with van der Waals surface area (Å²) in [5, 5.41) is 2.40. The summed E-state index contributed by atoms with van der Waals surface area (Å²) in [6.45, 7) is 7.85. The van der Waals surface area contributed by atoms with Gasteiger partial charge in [-0.25, -0.2) is 4.98 Å². The molecule has 1 aliphatic heterocycles. The van der Waals surface area contributed by atoms with Crippen molar-refractivity contribution in [2.45, 2.75) is 13.5 Å². The van der Waals surface area contributed by atoms with Gasteiger partial charge in [-0.2, -0.15) is 0 Å². The minimum Gasteiger partial charge on any atom is -0.493 e. The monoisotopic (exact) mass is 368 g/mol. The van der Waals surface area contributed by atoms with Crippen molar-refractivity contribution in [3.63, 3.8) is 0 Å². The van der Waals surface area contributed by atoms with E-state index >= 15 is 0 Å². The number of hydrogen-bond donors (Lipinski definition) is 2. The van der Waals surface area contributed by atoms with E-state index in [0.29, 0.717) is 0 Å². The van der Waals surface area contributed by atoms with Crippen molar-refractivity contribution in [2.24, 2.45) is 0 Å². The van der Waals surface area contributed by atoms with Gasteiger partial charge in [0.05, 0.1) is 19.9 Å². The van der Waals surface area contributed by atoms with Gasteiger partial charge in [0.25, 0.3) is 0 Å². The zero-order chi connectivity index (χ0) is 18.8. The molecule has 3 aromatic rings. The number of fused-ring (bicyclic) bond motifs is 1. The van der Waals surface area contributed by atoms with E-state index in [1.807, 2.05) is 12.1 Å². The average molecular weight is 368 g/mol. The lowest BCUT2D eigenvalue weighted by Crippen LogP contribution is -3.19. The van der Waals surface area contributed by atoms with E-state index in [1.165, 1.54) is 37.4 Å². The highest BCUT2D eigenvalue weighted by Gasteiger charge is 2.23. The topological polar surface area (TPSA) is 56.8 Å². The van der Waals surface area contributed by atoms with E-state index in [-0.39, 0.29) is 0 Å². The Labute approximate surface area is 159 Å². The standard InChI is InChI=1S/C21H26N4O2/c1-15-4-7-20-23-21(16-5-6-18(26-2)19(12-16)27-3)17(25(20)13-15)14-24-10-8-22-9-11-24/h4-7,12-13,22H,8-11,14H2,1-3H3/p+2. The van der Waals surface area contributed by atoms with Crippen LogP contribution in [0.2, 0.25) is 0 Å². The largest absolute Gasteiger partial charge is 0.493 e. The van der Waals surface area contributed by atoms with E-state index in [2.05, 4.69) is 41.0 Å². The fraction of sp³-hybridized carbons (Fsp3) is 0.381. The van der Waals surface area contributed by atoms with Crippen molar-refractivity contribution in [3.8, 4) is 22.8 Å². The molecule has 0 amide bonds. The first-order valence-corrected chi connectivity index (χ1v) is 9.55. The highest BCUT2D eigenvalue weighted by molar-refractivity contribution is 5.69. The van der Waals surface area contributed by atoms with Gasteiger partial charge in [-0.15, -0.1) is 0 Å². The lowest BCUT2D eigenvalue weighted by atomic mass is 10.1. The SMILES string of the molecule is COc1ccc(-c2nc3ccc(C)cn3c2C[NH+]2CC[NH2+]CC2)cc1OC. The predicted octanol–water partition coefficient (Wildman–Crippen LogP) is 0.289. The number of rotatable bonds is 5. The summed E-state index contributed by atoms with van der Waals surface area (Å²) in [4.78, 5) is 6.58. The second kappa shape index (κ2) is 7.58. The third-order valence-electron chi connectivity index (χ3n) is 5.34. The van der Waals surface area contributed by atoms with Gasteiger partial charge >= 0.3 is 0 Å². The molecular weight excluding hydrogens is 340 g/mol. The van der Waals surface area contributed by atoms with Crippen LogP contribution in [-0.4, -0.2) is 49.8 Å². The molecule has 142 valence electrons. The van der Waals surface area contributed by atoms with E-state index in [1.54, 1.807) is 19.1 Å². The number of piperazine rings is 1. The van der Waals surface area contributed by atoms with Gasteiger partial charge in [0.15, 0.2) is 11.5 Å². The number of methoxy groups -OCH3 is 2. The third kappa shape index (κ3) is 3.50. The molecule has 3 N–H and O–H groups in total. The molecule has 4 rings (SSSR count). The number of imidazole rings is 1. The van der Waals surface area contributed by atoms with Crippen molar-refractivity contribution < 1.29 is 19.7 Å². The molecule has 0 atom stereocenters. The fourth-order valence-corrected chi connectivity index (χ4v) is 3.88. The van der Waals surface area contributed by atoms with E-state index in [9.17, 15) is 0 Å². The Morgan fingerprint density at radius 3 is 2.59 bits per heavy atom. The Kier molecular flexibility index (Phi) is 5.01. The van der Waals surface area contributed by atoms with Crippen molar-refractivity contribution in [1.29, 1.82) is 0 Å². The summed E-state index contributed by atoms with van der Waals surface area (Å²) in [7, 11) is 3.33. The number of nitrogens with one attached hydrogen (secondary N) is 1. The summed E-state index contributed by atoms with van der Waals surface area (Å²) >= 11 is 0. The number of nitrogens with zero attached hydrogens (tertiary/aromatic N) is 2. The Morgan fingerprint density at radius 1 is 1.07 bits per heavy atom. The van der Waals surface area contributed by atoms with Crippen LogP contribution in [0.15, 0.2) is 36.5 Å². The van der Waals surface area contributed by atoms with Gasteiger partial charge < -0.3 is 19.7 Å². The van der Waals surface area contributed by atoms with Crippen LogP contribution >= 0.6 is 0 Å². The summed E-state index contributed by atoms with van der Waals surface area (Å²) in [5.41, 5.74) is 5.58. The smallest absolute Gasteiger partial charge is 0.161 e. The number of aromatic nitrogens is 2. The number of quaternary nitrogens is 2. The summed E-state index contributed by atoms with van der Waals surface area (Å²) < 4.78 is 13.2. The van der Waals surface area contributed by atoms with Crippen molar-refractivity contribution in [3.05, 3.63) is 47.8 Å². The van der Waals surface area contributed by atoms with E-state index in [4.69, 9.17) is 14.5 Å². The molecule has 0 radical (unpaired) electrons. The molecule has 1 fully saturated rings. The second-order valence-electron chi connectivity index (χ2n) is 7.20. The highest BCUT2D eigenvalue weighted by Crippen LogP contribution is 2.33. The number of nitrogens with two attached hydrogens (primary N) is 1. The Morgan fingerprint density at radius 2 is 1.85 bits per heavy atom. The van der Waals surface area contributed by atoms with Gasteiger partial charge in [0, 0.05) is 11.8 Å². The van der Waals surface area contributed by atoms with Crippen LogP contribution in [0.3, 0.4) is 0 Å². The molecule has 0 unspecified atom stereocenters. The summed E-state index contributed by atoms with van der Waals surface area (Å²) in [6, 6.07) is 10.3. The predicted molar refractivity (Wildman–Crippen MR) is 105 cm³/mol. The molecule has 6 heteroatoms. The minimum atomic E-state index is 0.731. The first-order valence-electron chi connectivity index (χ1n) is 9.55. The fourth-order valence-electron chi connectivity index (χ4n) is 3.88. The number of hydrogen-bond acceptors (Lipinski definition) is 3. The van der Waals surface area contributed by atoms with Crippen LogP contribution in [0.1, 0.15) is 11.3 Å².